The van der Waals surface area contributed by atoms with E-state index in [0.717, 1.165) is 25.3 Å². The molecule has 2 fully saturated rings. The number of methoxy groups -OCH3 is 1. The van der Waals surface area contributed by atoms with E-state index in [1.807, 2.05) is 11.5 Å². The molecule has 1 N–H and O–H groups in total. The smallest absolute Gasteiger partial charge is 0.327 e. The molecule has 138 valence electrons. The van der Waals surface area contributed by atoms with Crippen LogP contribution in [0.15, 0.2) is 6.33 Å². The van der Waals surface area contributed by atoms with Crippen LogP contribution in [0.1, 0.15) is 25.1 Å². The van der Waals surface area contributed by atoms with E-state index >= 15 is 0 Å². The minimum absolute atomic E-state index is 0.0675. The summed E-state index contributed by atoms with van der Waals surface area (Å²) in [5.74, 6) is 0.703. The van der Waals surface area contributed by atoms with Gasteiger partial charge in [0, 0.05) is 33.4 Å². The number of aryl methyl sites for hydroxylation is 1. The molecule has 2 aliphatic rings. The lowest BCUT2D eigenvalue weighted by molar-refractivity contribution is -0.134. The van der Waals surface area contributed by atoms with Crippen molar-refractivity contribution in [1.82, 2.24) is 29.9 Å². The second-order valence-corrected chi connectivity index (χ2v) is 6.59. The van der Waals surface area contributed by atoms with Crippen molar-refractivity contribution in [2.45, 2.75) is 38.3 Å². The van der Waals surface area contributed by atoms with Crippen LogP contribution >= 0.6 is 0 Å². The Balaban J connectivity index is 1.76. The van der Waals surface area contributed by atoms with Crippen LogP contribution in [0.2, 0.25) is 0 Å². The Morgan fingerprint density at radius 2 is 2.00 bits per heavy atom. The van der Waals surface area contributed by atoms with Crippen molar-refractivity contribution in [3.63, 3.8) is 0 Å². The van der Waals surface area contributed by atoms with E-state index in [1.165, 1.54) is 4.90 Å². The van der Waals surface area contributed by atoms with E-state index in [9.17, 15) is 9.59 Å². The molecule has 3 amide bonds. The molecule has 1 aromatic rings. The molecule has 9 nitrogen and oxygen atoms in total. The molecule has 0 unspecified atom stereocenters. The van der Waals surface area contributed by atoms with Gasteiger partial charge in [-0.05, 0) is 39.3 Å². The van der Waals surface area contributed by atoms with Crippen LogP contribution in [-0.4, -0.2) is 81.9 Å². The minimum Gasteiger partial charge on any atom is -0.385 e. The first kappa shape index (κ1) is 17.8. The van der Waals surface area contributed by atoms with Crippen LogP contribution in [0, 0.1) is 6.92 Å². The number of hydrogen-bond acceptors (Lipinski definition) is 6. The molecule has 0 aliphatic carbocycles. The first-order chi connectivity index (χ1) is 12.1. The molecule has 1 spiro atoms. The van der Waals surface area contributed by atoms with E-state index in [1.54, 1.807) is 18.3 Å². The highest BCUT2D eigenvalue weighted by Gasteiger charge is 2.56. The molecule has 9 heteroatoms. The third-order valence-corrected chi connectivity index (χ3v) is 5.16. The molecule has 2 saturated heterocycles. The first-order valence-electron chi connectivity index (χ1n) is 8.78. The summed E-state index contributed by atoms with van der Waals surface area (Å²) in [6.07, 6.45) is 3.67. The molecule has 0 aromatic carbocycles. The number of ether oxygens (including phenoxy) is 1. The number of carbonyl (C=O) groups excluding carboxylic acids is 2. The number of hydrogen-bond donors (Lipinski definition) is 1. The van der Waals surface area contributed by atoms with Gasteiger partial charge in [0.2, 0.25) is 0 Å². The van der Waals surface area contributed by atoms with Crippen molar-refractivity contribution in [2.75, 3.05) is 39.9 Å². The average Bonchev–Trinajstić information content (AvgIpc) is 3.10. The van der Waals surface area contributed by atoms with Gasteiger partial charge in [0.05, 0.1) is 0 Å². The fourth-order valence-corrected chi connectivity index (χ4v) is 3.72. The lowest BCUT2D eigenvalue weighted by atomic mass is 9.86. The van der Waals surface area contributed by atoms with E-state index in [0.29, 0.717) is 39.1 Å². The number of nitrogens with one attached hydrogen (secondary N) is 1. The van der Waals surface area contributed by atoms with Gasteiger partial charge < -0.3 is 19.5 Å². The Morgan fingerprint density at radius 1 is 1.24 bits per heavy atom. The van der Waals surface area contributed by atoms with E-state index in [2.05, 4.69) is 15.5 Å². The van der Waals surface area contributed by atoms with Crippen LogP contribution in [0.4, 0.5) is 4.79 Å². The molecule has 0 bridgehead atoms. The van der Waals surface area contributed by atoms with Gasteiger partial charge in [0.15, 0.2) is 0 Å². The highest BCUT2D eigenvalue weighted by molar-refractivity contribution is 6.07. The Kier molecular flexibility index (Phi) is 5.33. The van der Waals surface area contributed by atoms with Gasteiger partial charge >= 0.3 is 6.03 Å². The van der Waals surface area contributed by atoms with E-state index in [4.69, 9.17) is 4.74 Å². The summed E-state index contributed by atoms with van der Waals surface area (Å²) < 4.78 is 6.96. The molecule has 2 aliphatic heterocycles. The topological polar surface area (TPSA) is 92.6 Å². The van der Waals surface area contributed by atoms with Gasteiger partial charge in [0.25, 0.3) is 5.91 Å². The number of amides is 3. The van der Waals surface area contributed by atoms with E-state index in [-0.39, 0.29) is 11.9 Å². The maximum absolute atomic E-state index is 13.1. The number of piperidine rings is 1. The number of nitrogens with zero attached hydrogens (tertiary/aromatic N) is 5. The molecule has 0 radical (unpaired) electrons. The maximum atomic E-state index is 13.1. The van der Waals surface area contributed by atoms with Crippen LogP contribution in [0.25, 0.3) is 0 Å². The Labute approximate surface area is 147 Å². The van der Waals surface area contributed by atoms with Gasteiger partial charge in [-0.2, -0.15) is 0 Å². The number of rotatable bonds is 7. The molecule has 0 atom stereocenters. The highest BCUT2D eigenvalue weighted by Crippen LogP contribution is 2.35. The van der Waals surface area contributed by atoms with Crippen LogP contribution in [-0.2, 0) is 16.1 Å². The normalized spacial score (nSPS) is 20.1. The van der Waals surface area contributed by atoms with Crippen molar-refractivity contribution < 1.29 is 14.3 Å². The largest absolute Gasteiger partial charge is 0.385 e. The van der Waals surface area contributed by atoms with E-state index < -0.39 is 5.54 Å². The predicted molar refractivity (Wildman–Crippen MR) is 89.9 cm³/mol. The predicted octanol–water partition coefficient (Wildman–Crippen LogP) is 0.00942. The van der Waals surface area contributed by atoms with Crippen LogP contribution in [0.5, 0.6) is 0 Å². The van der Waals surface area contributed by atoms with Crippen molar-refractivity contribution in [3.8, 4) is 0 Å². The summed E-state index contributed by atoms with van der Waals surface area (Å²) in [4.78, 5) is 29.3. The quantitative estimate of drug-likeness (QED) is 0.550. The summed E-state index contributed by atoms with van der Waals surface area (Å²) in [5, 5.41) is 11.1. The fraction of sp³-hybridized carbons (Fsp3) is 0.750. The third-order valence-electron chi connectivity index (χ3n) is 5.16. The standard InChI is InChI=1S/C16H26N6O3/c1-13-19-18-12-20(13)9-10-21-14(23)16(4-6-17-7-5-16)22(15(21)24)8-3-11-25-2/h12,17H,3-11H2,1-2H3. The Hall–Kier alpha value is -2.00. The van der Waals surface area contributed by atoms with Gasteiger partial charge in [0.1, 0.15) is 17.7 Å². The molecular weight excluding hydrogens is 324 g/mol. The first-order valence-corrected chi connectivity index (χ1v) is 8.78. The van der Waals surface area contributed by atoms with Crippen molar-refractivity contribution in [2.24, 2.45) is 0 Å². The number of aromatic nitrogens is 3. The Morgan fingerprint density at radius 3 is 2.64 bits per heavy atom. The molecule has 0 saturated carbocycles. The second-order valence-electron chi connectivity index (χ2n) is 6.59. The molecule has 3 heterocycles. The lowest BCUT2D eigenvalue weighted by Crippen LogP contribution is -2.56. The van der Waals surface area contributed by atoms with Gasteiger partial charge in [-0.15, -0.1) is 10.2 Å². The van der Waals surface area contributed by atoms with Crippen molar-refractivity contribution >= 4 is 11.9 Å². The van der Waals surface area contributed by atoms with Gasteiger partial charge in [-0.1, -0.05) is 0 Å². The average molecular weight is 350 g/mol. The Bertz CT molecular complexity index is 625. The number of carbonyl (C=O) groups is 2. The monoisotopic (exact) mass is 350 g/mol. The fourth-order valence-electron chi connectivity index (χ4n) is 3.72. The van der Waals surface area contributed by atoms with Gasteiger partial charge in [-0.25, -0.2) is 4.79 Å². The summed E-state index contributed by atoms with van der Waals surface area (Å²) in [5.41, 5.74) is -0.696. The summed E-state index contributed by atoms with van der Waals surface area (Å²) in [6.45, 7) is 5.32. The second kappa shape index (κ2) is 7.49. The number of imide groups is 1. The highest BCUT2D eigenvalue weighted by atomic mass is 16.5. The minimum atomic E-state index is -0.696. The SMILES string of the molecule is COCCCN1C(=O)N(CCn2cnnc2C)C(=O)C12CCNCC2. The van der Waals surface area contributed by atoms with Crippen LogP contribution in [0.3, 0.4) is 0 Å². The zero-order valence-corrected chi connectivity index (χ0v) is 14.9. The van der Waals surface area contributed by atoms with Gasteiger partial charge in [-0.3, -0.25) is 9.69 Å². The molecule has 1 aromatic heterocycles. The molecule has 3 rings (SSSR count). The van der Waals surface area contributed by atoms with Crippen molar-refractivity contribution in [1.29, 1.82) is 0 Å². The zero-order valence-electron chi connectivity index (χ0n) is 14.9. The maximum Gasteiger partial charge on any atom is 0.327 e. The molecule has 25 heavy (non-hydrogen) atoms. The number of urea groups is 1. The van der Waals surface area contributed by atoms with Crippen molar-refractivity contribution in [3.05, 3.63) is 12.2 Å². The molecular formula is C16H26N6O3. The summed E-state index contributed by atoms with van der Waals surface area (Å²) in [7, 11) is 1.64. The zero-order chi connectivity index (χ0) is 17.9. The summed E-state index contributed by atoms with van der Waals surface area (Å²) in [6, 6.07) is -0.186. The third kappa shape index (κ3) is 3.25. The van der Waals surface area contributed by atoms with Crippen LogP contribution < -0.4 is 5.32 Å². The summed E-state index contributed by atoms with van der Waals surface area (Å²) >= 11 is 0. The lowest BCUT2D eigenvalue weighted by Gasteiger charge is -2.38.